The average molecular weight is 503 g/mol. The van der Waals surface area contributed by atoms with Gasteiger partial charge in [0.05, 0.1) is 11.3 Å². The lowest BCUT2D eigenvalue weighted by molar-refractivity contribution is -0.121. The number of nitrogens with zero attached hydrogens (tertiary/aromatic N) is 1. The molecule has 2 bridgehead atoms. The fraction of sp³-hybridized carbons (Fsp3) is 0.414. The van der Waals surface area contributed by atoms with E-state index in [9.17, 15) is 9.59 Å². The van der Waals surface area contributed by atoms with Gasteiger partial charge in [-0.1, -0.05) is 42.4 Å². The van der Waals surface area contributed by atoms with Crippen molar-refractivity contribution in [3.63, 3.8) is 0 Å². The summed E-state index contributed by atoms with van der Waals surface area (Å²) in [6.45, 7) is 6.18. The summed E-state index contributed by atoms with van der Waals surface area (Å²) >= 11 is 1.26. The van der Waals surface area contributed by atoms with Crippen LogP contribution in [0.15, 0.2) is 64.8 Å². The van der Waals surface area contributed by atoms with Crippen molar-refractivity contribution in [2.45, 2.75) is 57.7 Å². The van der Waals surface area contributed by atoms with E-state index in [0.29, 0.717) is 22.6 Å². The van der Waals surface area contributed by atoms with Gasteiger partial charge in [0, 0.05) is 17.4 Å². The molecule has 0 unspecified atom stereocenters. The Kier molecular flexibility index (Phi) is 6.93. The first-order chi connectivity index (χ1) is 17.3. The lowest BCUT2D eigenvalue weighted by Crippen LogP contribution is -2.44. The number of carbonyl (C=O) groups is 2. The Bertz CT molecular complexity index is 1240. The quantitative estimate of drug-likeness (QED) is 0.503. The molecule has 7 heteroatoms. The normalized spacial score (nSPS) is 26.9. The summed E-state index contributed by atoms with van der Waals surface area (Å²) in [4.78, 5) is 31.6. The molecule has 6 nitrogen and oxygen atoms in total. The first-order valence-electron chi connectivity index (χ1n) is 12.8. The van der Waals surface area contributed by atoms with Gasteiger partial charge < -0.3 is 16.4 Å². The van der Waals surface area contributed by atoms with E-state index >= 15 is 0 Å². The summed E-state index contributed by atoms with van der Waals surface area (Å²) in [7, 11) is 0. The van der Waals surface area contributed by atoms with Crippen LogP contribution in [0.3, 0.4) is 0 Å². The van der Waals surface area contributed by atoms with Crippen LogP contribution in [0.4, 0.5) is 11.4 Å². The fourth-order valence-electron chi connectivity index (χ4n) is 5.93. The van der Waals surface area contributed by atoms with E-state index in [4.69, 9.17) is 10.7 Å². The number of hydrogen-bond donors (Lipinski definition) is 3. The Balaban J connectivity index is 1.40. The zero-order valence-electron chi connectivity index (χ0n) is 21.1. The molecule has 2 amide bonds. The van der Waals surface area contributed by atoms with Gasteiger partial charge in [-0.05, 0) is 93.2 Å². The molecule has 5 atom stereocenters. The first-order valence-corrected chi connectivity index (χ1v) is 13.7. The number of carbonyl (C=O) groups excluding carboxylic acids is 2. The molecule has 2 aromatic carbocycles. The Hall–Kier alpha value is -3.06. The van der Waals surface area contributed by atoms with Gasteiger partial charge in [-0.15, -0.1) is 0 Å². The van der Waals surface area contributed by atoms with Crippen molar-refractivity contribution in [3.05, 3.63) is 70.9 Å². The van der Waals surface area contributed by atoms with Crippen LogP contribution in [0.25, 0.3) is 0 Å². The number of nitrogens with one attached hydrogen (secondary N) is 2. The van der Waals surface area contributed by atoms with E-state index in [0.717, 1.165) is 17.2 Å². The molecule has 0 spiro atoms. The van der Waals surface area contributed by atoms with Crippen LogP contribution in [0, 0.1) is 31.6 Å². The highest BCUT2D eigenvalue weighted by molar-refractivity contribution is 8.16. The van der Waals surface area contributed by atoms with Crippen LogP contribution in [-0.2, 0) is 9.59 Å². The number of benzene rings is 2. The van der Waals surface area contributed by atoms with Gasteiger partial charge in [0.2, 0.25) is 5.91 Å². The van der Waals surface area contributed by atoms with Gasteiger partial charge in [-0.2, -0.15) is 0 Å². The molecule has 0 radical (unpaired) electrons. The summed E-state index contributed by atoms with van der Waals surface area (Å²) < 4.78 is 0. The maximum absolute atomic E-state index is 13.4. The minimum Gasteiger partial charge on any atom is -0.400 e. The number of rotatable bonds is 6. The van der Waals surface area contributed by atoms with Crippen LogP contribution < -0.4 is 16.4 Å². The highest BCUT2D eigenvalue weighted by Crippen LogP contribution is 2.49. The number of thioether (sulfide) groups is 1. The number of nitrogens with two attached hydrogens (primary N) is 1. The van der Waals surface area contributed by atoms with Crippen LogP contribution >= 0.6 is 11.8 Å². The second kappa shape index (κ2) is 10.1. The third-order valence-electron chi connectivity index (χ3n) is 8.04. The molecule has 2 aliphatic carbocycles. The number of fused-ring (bicyclic) bond motifs is 2. The molecule has 1 aliphatic heterocycles. The number of aryl methyl sites for hydroxylation is 2. The Morgan fingerprint density at radius 2 is 1.83 bits per heavy atom. The standard InChI is InChI=1S/C29H34N4O2S/c1-16-9-12-22(13-17(16)2)33-29-24(27(34)32-21-7-5-4-6-8-21)25(30)26(36-29)28(35)31-18(3)23-15-19-10-11-20(23)14-19/h4-9,12-13,18-20,23,26H,10-11,14-15,30H2,1-3H3,(H,31,35)(H,32,34)/t18-,19+,20+,23-,26-/m1/s1. The van der Waals surface area contributed by atoms with E-state index in [2.05, 4.69) is 17.6 Å². The van der Waals surface area contributed by atoms with Gasteiger partial charge in [0.25, 0.3) is 5.91 Å². The number of anilines is 1. The van der Waals surface area contributed by atoms with Gasteiger partial charge in [0.1, 0.15) is 10.3 Å². The summed E-state index contributed by atoms with van der Waals surface area (Å²) in [5, 5.41) is 5.92. The van der Waals surface area contributed by atoms with E-state index in [-0.39, 0.29) is 29.1 Å². The van der Waals surface area contributed by atoms with Crippen LogP contribution in [-0.4, -0.2) is 28.1 Å². The van der Waals surface area contributed by atoms with Crippen molar-refractivity contribution < 1.29 is 9.59 Å². The molecule has 0 aromatic heterocycles. The van der Waals surface area contributed by atoms with Gasteiger partial charge in [0.15, 0.2) is 0 Å². The molecule has 36 heavy (non-hydrogen) atoms. The number of amides is 2. The van der Waals surface area contributed by atoms with Crippen molar-refractivity contribution in [3.8, 4) is 0 Å². The number of hydrogen-bond acceptors (Lipinski definition) is 5. The minimum atomic E-state index is -0.687. The predicted octanol–water partition coefficient (Wildman–Crippen LogP) is 5.24. The molecule has 188 valence electrons. The fourth-order valence-corrected chi connectivity index (χ4v) is 7.06. The van der Waals surface area contributed by atoms with Crippen LogP contribution in [0.2, 0.25) is 0 Å². The molecule has 2 aromatic rings. The molecule has 1 heterocycles. The summed E-state index contributed by atoms with van der Waals surface area (Å²) in [5.41, 5.74) is 10.7. The predicted molar refractivity (Wildman–Crippen MR) is 147 cm³/mol. The first kappa shape index (κ1) is 24.6. The molecule has 5 rings (SSSR count). The lowest BCUT2D eigenvalue weighted by Gasteiger charge is -2.29. The maximum Gasteiger partial charge on any atom is 0.260 e. The van der Waals surface area contributed by atoms with Crippen molar-refractivity contribution in [1.29, 1.82) is 0 Å². The second-order valence-electron chi connectivity index (χ2n) is 10.5. The smallest absolute Gasteiger partial charge is 0.260 e. The minimum absolute atomic E-state index is 0.0866. The van der Waals surface area contributed by atoms with Crippen molar-refractivity contribution in [2.75, 3.05) is 5.32 Å². The lowest BCUT2D eigenvalue weighted by atomic mass is 9.84. The SMILES string of the molecule is Cc1ccc(N=C2S[C@@H](C(=O)N[C@H](C)[C@H]3C[C@H]4CC[C@H]3C4)C(N)=C2C(=O)Nc2ccccc2)cc1C. The topological polar surface area (TPSA) is 96.6 Å². The van der Waals surface area contributed by atoms with Crippen molar-refractivity contribution in [2.24, 2.45) is 28.5 Å². The third kappa shape index (κ3) is 4.94. The molecular weight excluding hydrogens is 468 g/mol. The van der Waals surface area contributed by atoms with Gasteiger partial charge in [-0.3, -0.25) is 9.59 Å². The van der Waals surface area contributed by atoms with E-state index in [1.807, 2.05) is 62.4 Å². The second-order valence-corrected chi connectivity index (χ2v) is 11.6. The molecule has 0 saturated heterocycles. The Morgan fingerprint density at radius 1 is 1.06 bits per heavy atom. The van der Waals surface area contributed by atoms with E-state index < -0.39 is 5.25 Å². The maximum atomic E-state index is 13.4. The van der Waals surface area contributed by atoms with Crippen LogP contribution in [0.5, 0.6) is 0 Å². The summed E-state index contributed by atoms with van der Waals surface area (Å²) in [6, 6.07) is 15.2. The number of aliphatic imine (C=N–C) groups is 1. The molecule has 2 saturated carbocycles. The van der Waals surface area contributed by atoms with Crippen molar-refractivity contribution >= 4 is 40.0 Å². The average Bonchev–Trinajstić information content (AvgIpc) is 3.57. The highest BCUT2D eigenvalue weighted by Gasteiger charge is 2.44. The molecular formula is C29H34N4O2S. The summed E-state index contributed by atoms with van der Waals surface area (Å²) in [5.74, 6) is 1.54. The van der Waals surface area contributed by atoms with E-state index in [1.165, 1.54) is 43.0 Å². The number of para-hydroxylation sites is 1. The zero-order chi connectivity index (χ0) is 25.4. The molecule has 2 fully saturated rings. The third-order valence-corrected chi connectivity index (χ3v) is 9.26. The Morgan fingerprint density at radius 3 is 2.50 bits per heavy atom. The monoisotopic (exact) mass is 502 g/mol. The highest BCUT2D eigenvalue weighted by atomic mass is 32.2. The molecule has 3 aliphatic rings. The van der Waals surface area contributed by atoms with Gasteiger partial charge in [-0.25, -0.2) is 4.99 Å². The molecule has 4 N–H and O–H groups in total. The van der Waals surface area contributed by atoms with E-state index in [1.54, 1.807) is 0 Å². The van der Waals surface area contributed by atoms with Crippen LogP contribution in [0.1, 0.15) is 43.7 Å². The summed E-state index contributed by atoms with van der Waals surface area (Å²) in [6.07, 6.45) is 5.08. The Labute approximate surface area is 217 Å². The van der Waals surface area contributed by atoms with Gasteiger partial charge >= 0.3 is 0 Å². The van der Waals surface area contributed by atoms with Crippen molar-refractivity contribution in [1.82, 2.24) is 5.32 Å². The zero-order valence-corrected chi connectivity index (χ0v) is 21.9. The largest absolute Gasteiger partial charge is 0.400 e.